The molecule has 1 aromatic heterocycles. The number of aromatic nitrogens is 2. The molecule has 2 aromatic carbocycles. The molecular formula is C20H23N5O2. The third-order valence-corrected chi connectivity index (χ3v) is 4.19. The van der Waals surface area contributed by atoms with Gasteiger partial charge < -0.3 is 20.9 Å². The number of amides is 2. The van der Waals surface area contributed by atoms with Crippen LogP contribution in [0.5, 0.6) is 0 Å². The highest BCUT2D eigenvalue weighted by Gasteiger charge is 2.11. The van der Waals surface area contributed by atoms with E-state index in [-0.39, 0.29) is 17.9 Å². The molecule has 4 N–H and O–H groups in total. The van der Waals surface area contributed by atoms with E-state index in [0.717, 1.165) is 17.6 Å². The summed E-state index contributed by atoms with van der Waals surface area (Å²) in [5.74, 6) is -0.417. The van der Waals surface area contributed by atoms with Gasteiger partial charge in [-0.3, -0.25) is 9.59 Å². The molecule has 3 rings (SSSR count). The molecule has 1 heterocycles. The average molecular weight is 365 g/mol. The second kappa shape index (κ2) is 8.46. The first kappa shape index (κ1) is 18.6. The van der Waals surface area contributed by atoms with Crippen molar-refractivity contribution in [1.82, 2.24) is 20.6 Å². The molecule has 0 aliphatic carbocycles. The minimum atomic E-state index is -0.246. The Kier molecular flexibility index (Phi) is 5.83. The molecule has 0 fully saturated rings. The quantitative estimate of drug-likeness (QED) is 0.517. The number of hydrogen-bond donors (Lipinski definition) is 4. The molecule has 0 bridgehead atoms. The van der Waals surface area contributed by atoms with Gasteiger partial charge in [0.1, 0.15) is 0 Å². The topological polar surface area (TPSA) is 98.9 Å². The zero-order valence-electron chi connectivity index (χ0n) is 15.4. The van der Waals surface area contributed by atoms with Crippen LogP contribution in [0.4, 0.5) is 5.69 Å². The summed E-state index contributed by atoms with van der Waals surface area (Å²) in [6, 6.07) is 12.3. The molecule has 0 spiro atoms. The fraction of sp³-hybridized carbons (Fsp3) is 0.250. The van der Waals surface area contributed by atoms with E-state index in [9.17, 15) is 9.59 Å². The van der Waals surface area contributed by atoms with Gasteiger partial charge in [-0.2, -0.15) is 0 Å². The molecule has 0 saturated heterocycles. The van der Waals surface area contributed by atoms with E-state index < -0.39 is 0 Å². The normalized spacial score (nSPS) is 11.9. The molecular weight excluding hydrogens is 342 g/mol. The van der Waals surface area contributed by atoms with E-state index in [4.69, 9.17) is 0 Å². The number of benzene rings is 2. The number of carbonyl (C=O) groups excluding carboxylic acids is 2. The van der Waals surface area contributed by atoms with Crippen molar-refractivity contribution in [2.24, 2.45) is 0 Å². The van der Waals surface area contributed by atoms with Crippen LogP contribution in [0, 0.1) is 0 Å². The Hall–Kier alpha value is -3.19. The lowest BCUT2D eigenvalue weighted by molar-refractivity contribution is 0.0949. The standard InChI is InChI=1S/C20H23N5O2/c1-3-21-13(2)11-22-19(26)14-5-4-6-16(9-14)25-20(27)15-7-8-17-18(10-15)24-12-23-17/h4-10,12-13,21H,3,11H2,1-2H3,(H,22,26)(H,23,24)(H,25,27)/t13-/m1/s1. The predicted octanol–water partition coefficient (Wildman–Crippen LogP) is 2.54. The van der Waals surface area contributed by atoms with Crippen molar-refractivity contribution in [2.45, 2.75) is 19.9 Å². The van der Waals surface area contributed by atoms with Crippen molar-refractivity contribution in [1.29, 1.82) is 0 Å². The molecule has 0 aliphatic rings. The Bertz CT molecular complexity index is 950. The van der Waals surface area contributed by atoms with Gasteiger partial charge in [-0.25, -0.2) is 4.98 Å². The van der Waals surface area contributed by atoms with Crippen LogP contribution in [0.15, 0.2) is 48.8 Å². The maximum absolute atomic E-state index is 12.5. The van der Waals surface area contributed by atoms with Crippen molar-refractivity contribution in [3.63, 3.8) is 0 Å². The number of aromatic amines is 1. The van der Waals surface area contributed by atoms with E-state index in [0.29, 0.717) is 23.4 Å². The molecule has 0 radical (unpaired) electrons. The minimum Gasteiger partial charge on any atom is -0.350 e. The van der Waals surface area contributed by atoms with Crippen LogP contribution < -0.4 is 16.0 Å². The van der Waals surface area contributed by atoms with Gasteiger partial charge in [-0.15, -0.1) is 0 Å². The maximum atomic E-state index is 12.5. The molecule has 140 valence electrons. The number of nitrogens with zero attached hydrogens (tertiary/aromatic N) is 1. The highest BCUT2D eigenvalue weighted by molar-refractivity contribution is 6.06. The van der Waals surface area contributed by atoms with Crippen LogP contribution in [0.1, 0.15) is 34.6 Å². The second-order valence-corrected chi connectivity index (χ2v) is 6.34. The first-order chi connectivity index (χ1) is 13.1. The molecule has 0 aliphatic heterocycles. The first-order valence-corrected chi connectivity index (χ1v) is 8.93. The highest BCUT2D eigenvalue weighted by atomic mass is 16.2. The number of fused-ring (bicyclic) bond motifs is 1. The van der Waals surface area contributed by atoms with Gasteiger partial charge in [0.15, 0.2) is 0 Å². The molecule has 1 atom stereocenters. The average Bonchev–Trinajstić information content (AvgIpc) is 3.14. The van der Waals surface area contributed by atoms with Crippen LogP contribution in [0.3, 0.4) is 0 Å². The Morgan fingerprint density at radius 2 is 1.93 bits per heavy atom. The number of rotatable bonds is 7. The summed E-state index contributed by atoms with van der Waals surface area (Å²) in [5.41, 5.74) is 3.18. The Morgan fingerprint density at radius 3 is 2.74 bits per heavy atom. The zero-order chi connectivity index (χ0) is 19.2. The van der Waals surface area contributed by atoms with Crippen molar-refractivity contribution in [3.05, 3.63) is 59.9 Å². The van der Waals surface area contributed by atoms with Gasteiger partial charge in [0, 0.05) is 29.4 Å². The number of imidazole rings is 1. The first-order valence-electron chi connectivity index (χ1n) is 8.93. The van der Waals surface area contributed by atoms with Crippen molar-refractivity contribution in [3.8, 4) is 0 Å². The van der Waals surface area contributed by atoms with Gasteiger partial charge in [0.2, 0.25) is 0 Å². The third kappa shape index (κ3) is 4.71. The minimum absolute atomic E-state index is 0.172. The number of hydrogen-bond acceptors (Lipinski definition) is 4. The van der Waals surface area contributed by atoms with E-state index in [1.807, 2.05) is 13.8 Å². The van der Waals surface area contributed by atoms with Gasteiger partial charge in [0.25, 0.3) is 11.8 Å². The second-order valence-electron chi connectivity index (χ2n) is 6.34. The van der Waals surface area contributed by atoms with E-state index >= 15 is 0 Å². The van der Waals surface area contributed by atoms with Crippen LogP contribution in [0.25, 0.3) is 11.0 Å². The van der Waals surface area contributed by atoms with Crippen molar-refractivity contribution in [2.75, 3.05) is 18.4 Å². The summed E-state index contributed by atoms with van der Waals surface area (Å²) >= 11 is 0. The summed E-state index contributed by atoms with van der Waals surface area (Å²) in [7, 11) is 0. The number of H-pyrrole nitrogens is 1. The number of carbonyl (C=O) groups is 2. The van der Waals surface area contributed by atoms with Gasteiger partial charge in [0.05, 0.1) is 17.4 Å². The predicted molar refractivity (Wildman–Crippen MR) is 106 cm³/mol. The lowest BCUT2D eigenvalue weighted by Gasteiger charge is -2.13. The molecule has 2 amide bonds. The lowest BCUT2D eigenvalue weighted by atomic mass is 10.1. The number of likely N-dealkylation sites (N-methyl/N-ethyl adjacent to an activating group) is 1. The molecule has 27 heavy (non-hydrogen) atoms. The SMILES string of the molecule is CCN[C@H](C)CNC(=O)c1cccc(NC(=O)c2ccc3nc[nH]c3c2)c1. The van der Waals surface area contributed by atoms with Gasteiger partial charge in [-0.05, 0) is 49.9 Å². The fourth-order valence-corrected chi connectivity index (χ4v) is 2.79. The van der Waals surface area contributed by atoms with Crippen LogP contribution in [-0.4, -0.2) is 40.9 Å². The summed E-state index contributed by atoms with van der Waals surface area (Å²) in [6.45, 7) is 5.42. The largest absolute Gasteiger partial charge is 0.350 e. The Balaban J connectivity index is 1.66. The third-order valence-electron chi connectivity index (χ3n) is 4.19. The Labute approximate surface area is 157 Å². The van der Waals surface area contributed by atoms with Gasteiger partial charge >= 0.3 is 0 Å². The smallest absolute Gasteiger partial charge is 0.255 e. The lowest BCUT2D eigenvalue weighted by Crippen LogP contribution is -2.38. The Morgan fingerprint density at radius 1 is 1.11 bits per heavy atom. The molecule has 0 unspecified atom stereocenters. The van der Waals surface area contributed by atoms with Crippen molar-refractivity contribution < 1.29 is 9.59 Å². The highest BCUT2D eigenvalue weighted by Crippen LogP contribution is 2.15. The maximum Gasteiger partial charge on any atom is 0.255 e. The van der Waals surface area contributed by atoms with E-state index in [1.165, 1.54) is 0 Å². The summed E-state index contributed by atoms with van der Waals surface area (Å²) in [5, 5.41) is 8.96. The molecule has 0 saturated carbocycles. The number of anilines is 1. The zero-order valence-corrected chi connectivity index (χ0v) is 15.4. The summed E-state index contributed by atoms with van der Waals surface area (Å²) < 4.78 is 0. The molecule has 7 heteroatoms. The summed E-state index contributed by atoms with van der Waals surface area (Å²) in [4.78, 5) is 31.9. The van der Waals surface area contributed by atoms with Crippen LogP contribution >= 0.6 is 0 Å². The van der Waals surface area contributed by atoms with Crippen LogP contribution in [0.2, 0.25) is 0 Å². The van der Waals surface area contributed by atoms with Crippen molar-refractivity contribution >= 4 is 28.5 Å². The van der Waals surface area contributed by atoms with Crippen LogP contribution in [-0.2, 0) is 0 Å². The van der Waals surface area contributed by atoms with Gasteiger partial charge in [-0.1, -0.05) is 13.0 Å². The molecule has 7 nitrogen and oxygen atoms in total. The summed E-state index contributed by atoms with van der Waals surface area (Å²) in [6.07, 6.45) is 1.59. The monoisotopic (exact) mass is 365 g/mol. The fourth-order valence-electron chi connectivity index (χ4n) is 2.79. The van der Waals surface area contributed by atoms with E-state index in [1.54, 1.807) is 48.8 Å². The number of nitrogens with one attached hydrogen (secondary N) is 4. The van der Waals surface area contributed by atoms with E-state index in [2.05, 4.69) is 25.9 Å². The molecule has 3 aromatic rings.